The van der Waals surface area contributed by atoms with E-state index in [1.165, 1.54) is 30.7 Å². The highest BCUT2D eigenvalue weighted by molar-refractivity contribution is 7.98. The van der Waals surface area contributed by atoms with E-state index in [-0.39, 0.29) is 17.3 Å². The molecule has 3 N–H and O–H groups in total. The molecule has 2 aromatic heterocycles. The number of morpholine rings is 1. The van der Waals surface area contributed by atoms with E-state index >= 15 is 4.39 Å². The number of benzene rings is 1. The van der Waals surface area contributed by atoms with Crippen molar-refractivity contribution in [3.05, 3.63) is 47.4 Å². The molecule has 0 aliphatic carbocycles. The van der Waals surface area contributed by atoms with Gasteiger partial charge in [-0.3, -0.25) is 4.79 Å². The van der Waals surface area contributed by atoms with Gasteiger partial charge in [0.2, 0.25) is 5.78 Å². The summed E-state index contributed by atoms with van der Waals surface area (Å²) in [6, 6.07) is 2.39. The number of hydrogen-bond donors (Lipinski definition) is 3. The van der Waals surface area contributed by atoms with E-state index in [4.69, 9.17) is 4.74 Å². The van der Waals surface area contributed by atoms with Gasteiger partial charge in [-0.25, -0.2) is 23.1 Å². The SMILES string of the molecule is CC(C)Nc1ncnc2[nH]cc(C(=O)c3c(F)ccc(NSN4CCOCC4)c3F)c12. The number of nitrogens with one attached hydrogen (secondary N) is 3. The van der Waals surface area contributed by atoms with Crippen LogP contribution in [0.5, 0.6) is 0 Å². The summed E-state index contributed by atoms with van der Waals surface area (Å²) < 4.78 is 39.9. The summed E-state index contributed by atoms with van der Waals surface area (Å²) in [6.45, 7) is 6.35. The fourth-order valence-corrected chi connectivity index (χ4v) is 3.97. The summed E-state index contributed by atoms with van der Waals surface area (Å²) in [5.41, 5.74) is -0.111. The molecule has 8 nitrogen and oxygen atoms in total. The maximum atomic E-state index is 15.2. The molecular formula is C20H22F2N6O2S. The number of H-pyrrole nitrogens is 1. The highest BCUT2D eigenvalue weighted by Gasteiger charge is 2.26. The summed E-state index contributed by atoms with van der Waals surface area (Å²) in [7, 11) is 0. The maximum Gasteiger partial charge on any atom is 0.201 e. The first kappa shape index (κ1) is 21.5. The fourth-order valence-electron chi connectivity index (χ4n) is 3.25. The van der Waals surface area contributed by atoms with Crippen LogP contribution in [0.2, 0.25) is 0 Å². The number of aromatic nitrogens is 3. The molecule has 1 aliphatic heterocycles. The Balaban J connectivity index is 1.67. The van der Waals surface area contributed by atoms with Crippen molar-refractivity contribution in [1.29, 1.82) is 0 Å². The van der Waals surface area contributed by atoms with E-state index in [9.17, 15) is 9.18 Å². The van der Waals surface area contributed by atoms with Crippen LogP contribution in [-0.4, -0.2) is 57.4 Å². The Kier molecular flexibility index (Phi) is 6.35. The van der Waals surface area contributed by atoms with Crippen LogP contribution in [0.1, 0.15) is 29.8 Å². The average molecular weight is 448 g/mol. The number of carbonyl (C=O) groups is 1. The molecule has 31 heavy (non-hydrogen) atoms. The first-order chi connectivity index (χ1) is 15.0. The molecule has 164 valence electrons. The number of rotatable bonds is 7. The smallest absolute Gasteiger partial charge is 0.201 e. The molecule has 11 heteroatoms. The Morgan fingerprint density at radius 3 is 2.77 bits per heavy atom. The number of carbonyl (C=O) groups excluding carboxylic acids is 1. The summed E-state index contributed by atoms with van der Waals surface area (Å²) in [5.74, 6) is -2.25. The van der Waals surface area contributed by atoms with Gasteiger partial charge in [0.1, 0.15) is 23.6 Å². The lowest BCUT2D eigenvalue weighted by molar-refractivity contribution is 0.0775. The molecule has 0 spiro atoms. The summed E-state index contributed by atoms with van der Waals surface area (Å²) in [4.78, 5) is 24.4. The first-order valence-corrected chi connectivity index (χ1v) is 10.6. The van der Waals surface area contributed by atoms with Crippen LogP contribution in [-0.2, 0) is 4.74 Å². The molecule has 0 bridgehead atoms. The van der Waals surface area contributed by atoms with Crippen LogP contribution >= 0.6 is 12.1 Å². The standard InChI is InChI=1S/C20H22F2N6O2S/c1-11(2)26-20-15-12(9-23-19(15)24-10-25-20)18(29)16-13(21)3-4-14(17(16)22)27-31-28-5-7-30-8-6-28/h3-4,9-11,27H,5-8H2,1-2H3,(H2,23,24,25,26). The van der Waals surface area contributed by atoms with Gasteiger partial charge in [0.15, 0.2) is 5.82 Å². The van der Waals surface area contributed by atoms with Gasteiger partial charge in [-0.2, -0.15) is 0 Å². The number of nitrogens with zero attached hydrogens (tertiary/aromatic N) is 3. The van der Waals surface area contributed by atoms with Crippen molar-refractivity contribution in [2.24, 2.45) is 0 Å². The average Bonchev–Trinajstić information content (AvgIpc) is 3.19. The van der Waals surface area contributed by atoms with Gasteiger partial charge < -0.3 is 19.8 Å². The Hall–Kier alpha value is -2.76. The van der Waals surface area contributed by atoms with E-state index in [0.29, 0.717) is 43.2 Å². The molecule has 0 radical (unpaired) electrons. The van der Waals surface area contributed by atoms with Crippen molar-refractivity contribution in [2.45, 2.75) is 19.9 Å². The van der Waals surface area contributed by atoms with Crippen LogP contribution < -0.4 is 10.0 Å². The molecule has 1 aliphatic rings. The van der Waals surface area contributed by atoms with Crippen molar-refractivity contribution >= 4 is 40.5 Å². The van der Waals surface area contributed by atoms with Crippen molar-refractivity contribution < 1.29 is 18.3 Å². The molecule has 3 heterocycles. The number of halogens is 2. The minimum Gasteiger partial charge on any atom is -0.379 e. The Labute approximate surface area is 182 Å². The predicted octanol–water partition coefficient (Wildman–Crippen LogP) is 3.59. The van der Waals surface area contributed by atoms with Crippen molar-refractivity contribution in [3.63, 3.8) is 0 Å². The number of hydrogen-bond acceptors (Lipinski definition) is 8. The monoisotopic (exact) mass is 448 g/mol. The molecule has 1 aromatic carbocycles. The second-order valence-corrected chi connectivity index (χ2v) is 8.20. The van der Waals surface area contributed by atoms with E-state index in [1.807, 2.05) is 18.2 Å². The third kappa shape index (κ3) is 4.48. The van der Waals surface area contributed by atoms with Gasteiger partial charge in [0.05, 0.1) is 35.4 Å². The zero-order valence-corrected chi connectivity index (χ0v) is 17.9. The Morgan fingerprint density at radius 1 is 1.26 bits per heavy atom. The normalized spacial score (nSPS) is 14.9. The highest BCUT2D eigenvalue weighted by Crippen LogP contribution is 2.30. The van der Waals surface area contributed by atoms with Gasteiger partial charge in [-0.05, 0) is 26.0 Å². The minimum absolute atomic E-state index is 0.0258. The van der Waals surface area contributed by atoms with E-state index in [1.54, 1.807) is 0 Å². The van der Waals surface area contributed by atoms with Crippen LogP contribution in [0, 0.1) is 11.6 Å². The molecule has 3 aromatic rings. The first-order valence-electron chi connectivity index (χ1n) is 9.82. The number of ether oxygens (including phenoxy) is 1. The topological polar surface area (TPSA) is 95.2 Å². The second kappa shape index (κ2) is 9.16. The van der Waals surface area contributed by atoms with E-state index in [0.717, 1.165) is 6.07 Å². The molecule has 4 rings (SSSR count). The highest BCUT2D eigenvalue weighted by atomic mass is 32.2. The summed E-state index contributed by atoms with van der Waals surface area (Å²) in [6.07, 6.45) is 2.75. The lowest BCUT2D eigenvalue weighted by atomic mass is 10.0. The molecular weight excluding hydrogens is 426 g/mol. The fraction of sp³-hybridized carbons (Fsp3) is 0.350. The number of ketones is 1. The van der Waals surface area contributed by atoms with Gasteiger partial charge in [0.25, 0.3) is 0 Å². The zero-order valence-electron chi connectivity index (χ0n) is 17.0. The van der Waals surface area contributed by atoms with Crippen LogP contribution in [0.15, 0.2) is 24.7 Å². The predicted molar refractivity (Wildman–Crippen MR) is 116 cm³/mol. The number of anilines is 2. The summed E-state index contributed by atoms with van der Waals surface area (Å²) >= 11 is 1.19. The second-order valence-electron chi connectivity index (χ2n) is 7.30. The molecule has 1 fully saturated rings. The van der Waals surface area contributed by atoms with E-state index < -0.39 is 23.0 Å². The third-order valence-electron chi connectivity index (χ3n) is 4.71. The lowest BCUT2D eigenvalue weighted by Gasteiger charge is -2.25. The minimum atomic E-state index is -0.949. The van der Waals surface area contributed by atoms with Crippen LogP contribution in [0.25, 0.3) is 11.0 Å². The quantitative estimate of drug-likeness (QED) is 0.373. The van der Waals surface area contributed by atoms with Crippen molar-refractivity contribution in [3.8, 4) is 0 Å². The van der Waals surface area contributed by atoms with Crippen molar-refractivity contribution in [1.82, 2.24) is 19.3 Å². The van der Waals surface area contributed by atoms with Gasteiger partial charge in [0, 0.05) is 37.5 Å². The molecule has 0 unspecified atom stereocenters. The van der Waals surface area contributed by atoms with Gasteiger partial charge in [-0.15, -0.1) is 0 Å². The molecule has 1 saturated heterocycles. The third-order valence-corrected chi connectivity index (χ3v) is 5.65. The van der Waals surface area contributed by atoms with Crippen LogP contribution in [0.3, 0.4) is 0 Å². The molecule has 0 amide bonds. The number of fused-ring (bicyclic) bond motifs is 1. The lowest BCUT2D eigenvalue weighted by Crippen LogP contribution is -2.32. The zero-order chi connectivity index (χ0) is 22.0. The number of aromatic amines is 1. The Bertz CT molecular complexity index is 1100. The van der Waals surface area contributed by atoms with Gasteiger partial charge >= 0.3 is 0 Å². The van der Waals surface area contributed by atoms with Gasteiger partial charge in [-0.1, -0.05) is 0 Å². The maximum absolute atomic E-state index is 15.2. The van der Waals surface area contributed by atoms with Crippen LogP contribution in [0.4, 0.5) is 20.3 Å². The summed E-state index contributed by atoms with van der Waals surface area (Å²) in [5, 5.41) is 3.53. The van der Waals surface area contributed by atoms with E-state index in [2.05, 4.69) is 25.0 Å². The Morgan fingerprint density at radius 2 is 2.03 bits per heavy atom. The largest absolute Gasteiger partial charge is 0.379 e. The van der Waals surface area contributed by atoms with Crippen molar-refractivity contribution in [2.75, 3.05) is 36.3 Å². The molecule has 0 saturated carbocycles. The molecule has 0 atom stereocenters.